The SMILES string of the molecule is CC(=O)O.Cc1cc(C)cc(-c2ccccc2)c1. The number of carboxylic acid groups (broad SMARTS) is 1. The van der Waals surface area contributed by atoms with E-state index >= 15 is 0 Å². The average molecular weight is 242 g/mol. The van der Waals surface area contributed by atoms with Crippen molar-refractivity contribution in [3.05, 3.63) is 59.7 Å². The van der Waals surface area contributed by atoms with Crippen molar-refractivity contribution in [3.8, 4) is 11.1 Å². The summed E-state index contributed by atoms with van der Waals surface area (Å²) in [7, 11) is 0. The van der Waals surface area contributed by atoms with Crippen molar-refractivity contribution < 1.29 is 9.90 Å². The maximum Gasteiger partial charge on any atom is 0.300 e. The highest BCUT2D eigenvalue weighted by Crippen LogP contribution is 2.21. The molecule has 0 fully saturated rings. The summed E-state index contributed by atoms with van der Waals surface area (Å²) >= 11 is 0. The molecule has 2 heteroatoms. The molecule has 18 heavy (non-hydrogen) atoms. The summed E-state index contributed by atoms with van der Waals surface area (Å²) in [4.78, 5) is 9.00. The van der Waals surface area contributed by atoms with Gasteiger partial charge >= 0.3 is 0 Å². The van der Waals surface area contributed by atoms with E-state index in [2.05, 4.69) is 56.3 Å². The summed E-state index contributed by atoms with van der Waals surface area (Å²) < 4.78 is 0. The minimum atomic E-state index is -0.833. The number of hydrogen-bond acceptors (Lipinski definition) is 1. The zero-order valence-corrected chi connectivity index (χ0v) is 11.0. The van der Waals surface area contributed by atoms with Crippen LogP contribution in [0.1, 0.15) is 18.1 Å². The van der Waals surface area contributed by atoms with Crippen LogP contribution in [-0.4, -0.2) is 11.1 Å². The quantitative estimate of drug-likeness (QED) is 0.818. The normalized spacial score (nSPS) is 9.28. The van der Waals surface area contributed by atoms with Crippen molar-refractivity contribution in [2.24, 2.45) is 0 Å². The molecule has 2 nitrogen and oxygen atoms in total. The van der Waals surface area contributed by atoms with Gasteiger partial charge in [0.1, 0.15) is 0 Å². The first kappa shape index (κ1) is 14.0. The first-order valence-electron chi connectivity index (χ1n) is 5.82. The zero-order valence-electron chi connectivity index (χ0n) is 11.0. The fraction of sp³-hybridized carbons (Fsp3) is 0.188. The topological polar surface area (TPSA) is 37.3 Å². The molecule has 0 unspecified atom stereocenters. The van der Waals surface area contributed by atoms with E-state index in [1.165, 1.54) is 22.3 Å². The van der Waals surface area contributed by atoms with Crippen molar-refractivity contribution >= 4 is 5.97 Å². The van der Waals surface area contributed by atoms with Gasteiger partial charge in [0.2, 0.25) is 0 Å². The summed E-state index contributed by atoms with van der Waals surface area (Å²) in [6, 6.07) is 17.1. The Labute approximate surface area is 108 Å². The summed E-state index contributed by atoms with van der Waals surface area (Å²) in [5, 5.41) is 7.42. The molecular formula is C16H18O2. The second-order valence-corrected chi connectivity index (χ2v) is 4.26. The fourth-order valence-electron chi connectivity index (χ4n) is 1.77. The highest BCUT2D eigenvalue weighted by molar-refractivity contribution is 5.64. The van der Waals surface area contributed by atoms with E-state index in [4.69, 9.17) is 9.90 Å². The van der Waals surface area contributed by atoms with Gasteiger partial charge in [-0.05, 0) is 25.0 Å². The van der Waals surface area contributed by atoms with E-state index in [1.807, 2.05) is 6.07 Å². The predicted molar refractivity (Wildman–Crippen MR) is 74.7 cm³/mol. The molecule has 0 aromatic heterocycles. The molecule has 0 atom stereocenters. The van der Waals surface area contributed by atoms with Crippen LogP contribution in [0.15, 0.2) is 48.5 Å². The minimum Gasteiger partial charge on any atom is -0.481 e. The lowest BCUT2D eigenvalue weighted by atomic mass is 10.0. The number of aryl methyl sites for hydroxylation is 2. The Balaban J connectivity index is 0.000000357. The molecule has 2 rings (SSSR count). The van der Waals surface area contributed by atoms with Crippen molar-refractivity contribution in [2.75, 3.05) is 0 Å². The number of aliphatic carboxylic acids is 1. The largest absolute Gasteiger partial charge is 0.481 e. The molecule has 0 saturated carbocycles. The number of hydrogen-bond donors (Lipinski definition) is 1. The average Bonchev–Trinajstić information content (AvgIpc) is 2.28. The Morgan fingerprint density at radius 1 is 0.889 bits per heavy atom. The molecule has 0 heterocycles. The van der Waals surface area contributed by atoms with E-state index in [0.29, 0.717) is 0 Å². The van der Waals surface area contributed by atoms with Gasteiger partial charge in [-0.1, -0.05) is 59.7 Å². The lowest BCUT2D eigenvalue weighted by Crippen LogP contribution is -1.81. The van der Waals surface area contributed by atoms with Gasteiger partial charge < -0.3 is 5.11 Å². The molecule has 0 bridgehead atoms. The molecule has 0 saturated heterocycles. The van der Waals surface area contributed by atoms with Crippen LogP contribution in [0.2, 0.25) is 0 Å². The molecule has 0 radical (unpaired) electrons. The van der Waals surface area contributed by atoms with Gasteiger partial charge in [0.25, 0.3) is 5.97 Å². The first-order valence-corrected chi connectivity index (χ1v) is 5.82. The van der Waals surface area contributed by atoms with E-state index in [0.717, 1.165) is 6.92 Å². The maximum absolute atomic E-state index is 9.00. The Hall–Kier alpha value is -2.09. The van der Waals surface area contributed by atoms with Crippen molar-refractivity contribution in [3.63, 3.8) is 0 Å². The highest BCUT2D eigenvalue weighted by Gasteiger charge is 1.97. The zero-order chi connectivity index (χ0) is 13.5. The van der Waals surface area contributed by atoms with Gasteiger partial charge in [0, 0.05) is 6.92 Å². The van der Waals surface area contributed by atoms with E-state index in [-0.39, 0.29) is 0 Å². The Morgan fingerprint density at radius 3 is 1.78 bits per heavy atom. The van der Waals surface area contributed by atoms with E-state index in [9.17, 15) is 0 Å². The summed E-state index contributed by atoms with van der Waals surface area (Å²) in [5.74, 6) is -0.833. The third-order valence-electron chi connectivity index (χ3n) is 2.33. The smallest absolute Gasteiger partial charge is 0.300 e. The third-order valence-corrected chi connectivity index (χ3v) is 2.33. The maximum atomic E-state index is 9.00. The van der Waals surface area contributed by atoms with Crippen LogP contribution in [0.25, 0.3) is 11.1 Å². The van der Waals surface area contributed by atoms with Crippen LogP contribution in [0.5, 0.6) is 0 Å². The molecule has 0 aliphatic rings. The monoisotopic (exact) mass is 242 g/mol. The lowest BCUT2D eigenvalue weighted by Gasteiger charge is -2.04. The van der Waals surface area contributed by atoms with Gasteiger partial charge in [0.15, 0.2) is 0 Å². The minimum absolute atomic E-state index is 0.833. The van der Waals surface area contributed by atoms with Crippen molar-refractivity contribution in [2.45, 2.75) is 20.8 Å². The second-order valence-electron chi connectivity index (χ2n) is 4.26. The van der Waals surface area contributed by atoms with Crippen molar-refractivity contribution in [1.82, 2.24) is 0 Å². The molecule has 0 aliphatic carbocycles. The molecule has 0 spiro atoms. The summed E-state index contributed by atoms with van der Waals surface area (Å²) in [6.07, 6.45) is 0. The molecule has 94 valence electrons. The van der Waals surface area contributed by atoms with Crippen LogP contribution in [0.4, 0.5) is 0 Å². The number of carboxylic acids is 1. The third kappa shape index (κ3) is 4.83. The van der Waals surface area contributed by atoms with Gasteiger partial charge in [-0.25, -0.2) is 0 Å². The summed E-state index contributed by atoms with van der Waals surface area (Å²) in [5.41, 5.74) is 5.25. The standard InChI is InChI=1S/C14H14.C2H4O2/c1-11-8-12(2)10-14(9-11)13-6-4-3-5-7-13;1-2(3)4/h3-10H,1-2H3;1H3,(H,3,4). The molecule has 2 aromatic carbocycles. The van der Waals surface area contributed by atoms with Gasteiger partial charge in [-0.2, -0.15) is 0 Å². The highest BCUT2D eigenvalue weighted by atomic mass is 16.4. The fourth-order valence-corrected chi connectivity index (χ4v) is 1.77. The van der Waals surface area contributed by atoms with Crippen LogP contribution in [-0.2, 0) is 4.79 Å². The number of rotatable bonds is 1. The Morgan fingerprint density at radius 2 is 1.33 bits per heavy atom. The molecule has 2 aromatic rings. The van der Waals surface area contributed by atoms with Gasteiger partial charge in [-0.3, -0.25) is 4.79 Å². The summed E-state index contributed by atoms with van der Waals surface area (Å²) in [6.45, 7) is 5.36. The molecular weight excluding hydrogens is 224 g/mol. The number of benzene rings is 2. The Kier molecular flexibility index (Phi) is 5.12. The Bertz CT molecular complexity index is 492. The van der Waals surface area contributed by atoms with Crippen LogP contribution in [0, 0.1) is 13.8 Å². The van der Waals surface area contributed by atoms with Gasteiger partial charge in [-0.15, -0.1) is 0 Å². The number of carbonyl (C=O) groups is 1. The second kappa shape index (κ2) is 6.60. The lowest BCUT2D eigenvalue weighted by molar-refractivity contribution is -0.134. The van der Waals surface area contributed by atoms with Crippen LogP contribution < -0.4 is 0 Å². The van der Waals surface area contributed by atoms with Crippen LogP contribution >= 0.6 is 0 Å². The first-order chi connectivity index (χ1) is 8.49. The van der Waals surface area contributed by atoms with Crippen LogP contribution in [0.3, 0.4) is 0 Å². The molecule has 1 N–H and O–H groups in total. The molecule has 0 aliphatic heterocycles. The van der Waals surface area contributed by atoms with E-state index in [1.54, 1.807) is 0 Å². The van der Waals surface area contributed by atoms with Gasteiger partial charge in [0.05, 0.1) is 0 Å². The molecule has 0 amide bonds. The van der Waals surface area contributed by atoms with Crippen molar-refractivity contribution in [1.29, 1.82) is 0 Å². The predicted octanol–water partition coefficient (Wildman–Crippen LogP) is 4.06. The van der Waals surface area contributed by atoms with E-state index < -0.39 is 5.97 Å².